The van der Waals surface area contributed by atoms with E-state index in [0.29, 0.717) is 6.54 Å². The molecule has 0 amide bonds. The van der Waals surface area contributed by atoms with Gasteiger partial charge in [-0.15, -0.1) is 0 Å². The Morgan fingerprint density at radius 1 is 1.25 bits per heavy atom. The maximum atomic E-state index is 6.11. The van der Waals surface area contributed by atoms with Crippen molar-refractivity contribution in [2.24, 2.45) is 23.5 Å². The van der Waals surface area contributed by atoms with Crippen molar-refractivity contribution >= 4 is 27.5 Å². The molecule has 0 bridgehead atoms. The molecule has 2 fully saturated rings. The minimum Gasteiger partial charge on any atom is -0.329 e. The van der Waals surface area contributed by atoms with Crippen LogP contribution in [0, 0.1) is 17.8 Å². The van der Waals surface area contributed by atoms with E-state index in [1.165, 1.54) is 31.2 Å². The van der Waals surface area contributed by atoms with Gasteiger partial charge in [0.25, 0.3) is 0 Å². The Morgan fingerprint density at radius 2 is 1.90 bits per heavy atom. The molecule has 4 heteroatoms. The Kier molecular flexibility index (Phi) is 4.71. The van der Waals surface area contributed by atoms with Crippen molar-refractivity contribution in [3.8, 4) is 0 Å². The first-order chi connectivity index (χ1) is 9.69. The van der Waals surface area contributed by atoms with Crippen molar-refractivity contribution in [3.05, 3.63) is 33.3 Å². The standard InChI is InChI=1S/C16H22BrClN2/c17-15-6-5-12(18)7-13(15)16(8-19)20-9-14(10-1-2-10)11-3-4-11/h5-7,10-11,14,16,20H,1-4,8-9,19H2. The first kappa shape index (κ1) is 14.8. The second kappa shape index (κ2) is 6.35. The maximum absolute atomic E-state index is 6.11. The minimum atomic E-state index is 0.183. The van der Waals surface area contributed by atoms with Gasteiger partial charge in [-0.05, 0) is 73.7 Å². The van der Waals surface area contributed by atoms with Crippen molar-refractivity contribution in [3.63, 3.8) is 0 Å². The third-order valence-electron chi connectivity index (χ3n) is 4.62. The lowest BCUT2D eigenvalue weighted by Gasteiger charge is -2.23. The van der Waals surface area contributed by atoms with E-state index in [4.69, 9.17) is 17.3 Å². The molecule has 2 nitrogen and oxygen atoms in total. The molecule has 2 saturated carbocycles. The van der Waals surface area contributed by atoms with Crippen LogP contribution in [0.1, 0.15) is 37.3 Å². The molecule has 2 aliphatic carbocycles. The monoisotopic (exact) mass is 356 g/mol. The lowest BCUT2D eigenvalue weighted by molar-refractivity contribution is 0.357. The number of hydrogen-bond acceptors (Lipinski definition) is 2. The Bertz CT molecular complexity index is 460. The molecular weight excluding hydrogens is 336 g/mol. The lowest BCUT2D eigenvalue weighted by atomic mass is 9.97. The smallest absolute Gasteiger partial charge is 0.0456 e. The third kappa shape index (κ3) is 3.56. The summed E-state index contributed by atoms with van der Waals surface area (Å²) in [6, 6.07) is 6.10. The van der Waals surface area contributed by atoms with E-state index in [0.717, 1.165) is 33.8 Å². The van der Waals surface area contributed by atoms with Crippen LogP contribution in [-0.2, 0) is 0 Å². The van der Waals surface area contributed by atoms with Crippen LogP contribution in [0.25, 0.3) is 0 Å². The highest BCUT2D eigenvalue weighted by Crippen LogP contribution is 2.49. The average molecular weight is 358 g/mol. The molecule has 0 saturated heterocycles. The molecule has 3 N–H and O–H groups in total. The van der Waals surface area contributed by atoms with E-state index >= 15 is 0 Å². The molecule has 0 aromatic heterocycles. The number of benzene rings is 1. The summed E-state index contributed by atoms with van der Waals surface area (Å²) in [5, 5.41) is 4.45. The van der Waals surface area contributed by atoms with Crippen LogP contribution in [0.2, 0.25) is 5.02 Å². The molecular formula is C16H22BrClN2. The zero-order chi connectivity index (χ0) is 14.1. The first-order valence-corrected chi connectivity index (χ1v) is 8.74. The number of rotatable bonds is 7. The zero-order valence-electron chi connectivity index (χ0n) is 11.6. The largest absolute Gasteiger partial charge is 0.329 e. The maximum Gasteiger partial charge on any atom is 0.0456 e. The quantitative estimate of drug-likeness (QED) is 0.770. The van der Waals surface area contributed by atoms with Crippen molar-refractivity contribution in [1.29, 1.82) is 0 Å². The molecule has 0 aliphatic heterocycles. The second-order valence-electron chi connectivity index (χ2n) is 6.20. The fraction of sp³-hybridized carbons (Fsp3) is 0.625. The Labute approximate surface area is 134 Å². The summed E-state index contributed by atoms with van der Waals surface area (Å²) in [5.41, 5.74) is 7.14. The highest BCUT2D eigenvalue weighted by Gasteiger charge is 2.41. The van der Waals surface area contributed by atoms with Crippen molar-refractivity contribution in [2.45, 2.75) is 31.7 Å². The molecule has 1 unspecified atom stereocenters. The van der Waals surface area contributed by atoms with Crippen LogP contribution in [-0.4, -0.2) is 13.1 Å². The summed E-state index contributed by atoms with van der Waals surface area (Å²) in [6.45, 7) is 1.69. The summed E-state index contributed by atoms with van der Waals surface area (Å²) in [7, 11) is 0. The number of halogens is 2. The van der Waals surface area contributed by atoms with Gasteiger partial charge in [0.05, 0.1) is 0 Å². The Morgan fingerprint density at radius 3 is 2.45 bits per heavy atom. The first-order valence-electron chi connectivity index (χ1n) is 7.57. The predicted octanol–water partition coefficient (Wildman–Crippen LogP) is 4.13. The van der Waals surface area contributed by atoms with Crippen LogP contribution in [0.4, 0.5) is 0 Å². The van der Waals surface area contributed by atoms with E-state index in [2.05, 4.69) is 21.2 Å². The van der Waals surface area contributed by atoms with E-state index in [1.54, 1.807) is 0 Å². The van der Waals surface area contributed by atoms with Crippen molar-refractivity contribution in [2.75, 3.05) is 13.1 Å². The van der Waals surface area contributed by atoms with E-state index in [-0.39, 0.29) is 6.04 Å². The molecule has 1 aromatic carbocycles. The van der Waals surface area contributed by atoms with E-state index in [9.17, 15) is 0 Å². The average Bonchev–Trinajstić information content (AvgIpc) is 3.30. The van der Waals surface area contributed by atoms with Gasteiger partial charge in [-0.3, -0.25) is 0 Å². The molecule has 2 aliphatic rings. The van der Waals surface area contributed by atoms with Crippen molar-refractivity contribution < 1.29 is 0 Å². The van der Waals surface area contributed by atoms with Crippen LogP contribution in [0.15, 0.2) is 22.7 Å². The van der Waals surface area contributed by atoms with Gasteiger partial charge in [0.2, 0.25) is 0 Å². The molecule has 3 rings (SSSR count). The second-order valence-corrected chi connectivity index (χ2v) is 7.49. The van der Waals surface area contributed by atoms with E-state index in [1.807, 2.05) is 18.2 Å². The molecule has 1 aromatic rings. The molecule has 1 atom stereocenters. The highest BCUT2D eigenvalue weighted by molar-refractivity contribution is 9.10. The molecule has 110 valence electrons. The number of hydrogen-bond donors (Lipinski definition) is 2. The highest BCUT2D eigenvalue weighted by atomic mass is 79.9. The van der Waals surface area contributed by atoms with Gasteiger partial charge in [-0.2, -0.15) is 0 Å². The number of nitrogens with two attached hydrogens (primary N) is 1. The van der Waals surface area contributed by atoms with E-state index < -0.39 is 0 Å². The molecule has 20 heavy (non-hydrogen) atoms. The Hall–Kier alpha value is -0.0900. The zero-order valence-corrected chi connectivity index (χ0v) is 14.0. The lowest BCUT2D eigenvalue weighted by Crippen LogP contribution is -2.33. The molecule has 0 radical (unpaired) electrons. The fourth-order valence-corrected chi connectivity index (χ4v) is 3.85. The van der Waals surface area contributed by atoms with Gasteiger partial charge in [0, 0.05) is 22.1 Å². The van der Waals surface area contributed by atoms with Crippen molar-refractivity contribution in [1.82, 2.24) is 5.32 Å². The normalized spacial score (nSPS) is 20.4. The van der Waals surface area contributed by atoms with Crippen LogP contribution >= 0.6 is 27.5 Å². The Balaban J connectivity index is 1.65. The van der Waals surface area contributed by atoms with Gasteiger partial charge >= 0.3 is 0 Å². The summed E-state index contributed by atoms with van der Waals surface area (Å²) in [6.07, 6.45) is 5.71. The predicted molar refractivity (Wildman–Crippen MR) is 87.9 cm³/mol. The van der Waals surface area contributed by atoms with Gasteiger partial charge in [-0.1, -0.05) is 27.5 Å². The number of nitrogens with one attached hydrogen (secondary N) is 1. The van der Waals surface area contributed by atoms with Crippen LogP contribution < -0.4 is 11.1 Å². The third-order valence-corrected chi connectivity index (χ3v) is 5.58. The summed E-state index contributed by atoms with van der Waals surface area (Å²) < 4.78 is 1.08. The SMILES string of the molecule is NCC(NCC(C1CC1)C1CC1)c1cc(Cl)ccc1Br. The molecule has 0 heterocycles. The summed E-state index contributed by atoms with van der Waals surface area (Å²) in [4.78, 5) is 0. The van der Waals surface area contributed by atoms with Crippen LogP contribution in [0.5, 0.6) is 0 Å². The fourth-order valence-electron chi connectivity index (χ4n) is 3.15. The summed E-state index contributed by atoms with van der Waals surface area (Å²) >= 11 is 9.72. The van der Waals surface area contributed by atoms with Gasteiger partial charge < -0.3 is 11.1 Å². The van der Waals surface area contributed by atoms with Gasteiger partial charge in [0.1, 0.15) is 0 Å². The van der Waals surface area contributed by atoms with Gasteiger partial charge in [0.15, 0.2) is 0 Å². The molecule has 0 spiro atoms. The van der Waals surface area contributed by atoms with Crippen LogP contribution in [0.3, 0.4) is 0 Å². The topological polar surface area (TPSA) is 38.0 Å². The minimum absolute atomic E-state index is 0.183. The summed E-state index contributed by atoms with van der Waals surface area (Å²) in [5.74, 6) is 2.80. The van der Waals surface area contributed by atoms with Gasteiger partial charge in [-0.25, -0.2) is 0 Å².